The predicted octanol–water partition coefficient (Wildman–Crippen LogP) is 0.992. The Balaban J connectivity index is 3.24. The summed E-state index contributed by atoms with van der Waals surface area (Å²) in [5, 5.41) is 2.52. The molecular formula is C16H27N3O6S2. The van der Waals surface area contributed by atoms with Gasteiger partial charge in [0.1, 0.15) is 10.6 Å². The SMILES string of the molecule is CCOc1ccc(NC(=O)[C@@H](C)NS(C)(=O)=O)cc1S(=O)(=O)N(CC)CC. The van der Waals surface area contributed by atoms with E-state index in [1.54, 1.807) is 20.8 Å². The summed E-state index contributed by atoms with van der Waals surface area (Å²) in [5.41, 5.74) is 0.219. The molecule has 27 heavy (non-hydrogen) atoms. The molecule has 0 bridgehead atoms. The lowest BCUT2D eigenvalue weighted by molar-refractivity contribution is -0.117. The molecule has 154 valence electrons. The largest absolute Gasteiger partial charge is 0.492 e. The lowest BCUT2D eigenvalue weighted by atomic mass is 10.2. The number of amides is 1. The molecule has 0 heterocycles. The van der Waals surface area contributed by atoms with Crippen molar-refractivity contribution in [3.05, 3.63) is 18.2 Å². The van der Waals surface area contributed by atoms with Gasteiger partial charge in [-0.25, -0.2) is 21.6 Å². The van der Waals surface area contributed by atoms with E-state index in [9.17, 15) is 21.6 Å². The third kappa shape index (κ3) is 6.45. The maximum atomic E-state index is 12.9. The summed E-state index contributed by atoms with van der Waals surface area (Å²) in [6, 6.07) is 3.25. The number of sulfonamides is 2. The highest BCUT2D eigenvalue weighted by Gasteiger charge is 2.27. The smallest absolute Gasteiger partial charge is 0.246 e. The quantitative estimate of drug-likeness (QED) is 0.581. The molecule has 0 aliphatic rings. The Labute approximate surface area is 161 Å². The van der Waals surface area contributed by atoms with E-state index in [1.807, 2.05) is 0 Å². The topological polar surface area (TPSA) is 122 Å². The van der Waals surface area contributed by atoms with Gasteiger partial charge in [0.05, 0.1) is 18.9 Å². The first-order valence-electron chi connectivity index (χ1n) is 8.51. The van der Waals surface area contributed by atoms with Crippen LogP contribution >= 0.6 is 0 Å². The highest BCUT2D eigenvalue weighted by molar-refractivity contribution is 7.89. The summed E-state index contributed by atoms with van der Waals surface area (Å²) in [7, 11) is -7.37. The van der Waals surface area contributed by atoms with Gasteiger partial charge in [0.2, 0.25) is 26.0 Å². The van der Waals surface area contributed by atoms with Gasteiger partial charge in [-0.15, -0.1) is 0 Å². The molecule has 1 atom stereocenters. The minimum Gasteiger partial charge on any atom is -0.492 e. The molecule has 0 aliphatic carbocycles. The van der Waals surface area contributed by atoms with Gasteiger partial charge in [-0.2, -0.15) is 4.31 Å². The standard InChI is InChI=1S/C16H27N3O6S2/c1-6-19(7-2)27(23,24)15-11-13(9-10-14(15)25-8-3)17-16(20)12(4)18-26(5,21)22/h9-12,18H,6-8H2,1-5H3,(H,17,20)/t12-/m1/s1. The van der Waals surface area contributed by atoms with Gasteiger partial charge >= 0.3 is 0 Å². The molecule has 0 radical (unpaired) electrons. The van der Waals surface area contributed by atoms with Crippen molar-refractivity contribution in [1.29, 1.82) is 0 Å². The number of carbonyl (C=O) groups is 1. The summed E-state index contributed by atoms with van der Waals surface area (Å²) in [4.78, 5) is 12.1. The van der Waals surface area contributed by atoms with Crippen LogP contribution in [0.15, 0.2) is 23.1 Å². The number of nitrogens with zero attached hydrogens (tertiary/aromatic N) is 1. The highest BCUT2D eigenvalue weighted by Crippen LogP contribution is 2.30. The zero-order chi connectivity index (χ0) is 20.8. The molecule has 1 rings (SSSR count). The van der Waals surface area contributed by atoms with Crippen LogP contribution in [0.5, 0.6) is 5.75 Å². The van der Waals surface area contributed by atoms with Gasteiger partial charge in [0, 0.05) is 18.8 Å². The summed E-state index contributed by atoms with van der Waals surface area (Å²) in [6.45, 7) is 7.44. The Bertz CT molecular complexity index is 864. The van der Waals surface area contributed by atoms with E-state index in [0.29, 0.717) is 0 Å². The molecule has 2 N–H and O–H groups in total. The molecule has 0 saturated heterocycles. The van der Waals surface area contributed by atoms with Gasteiger partial charge < -0.3 is 10.1 Å². The van der Waals surface area contributed by atoms with Crippen molar-refractivity contribution in [2.45, 2.75) is 38.6 Å². The fraction of sp³-hybridized carbons (Fsp3) is 0.562. The van der Waals surface area contributed by atoms with Crippen molar-refractivity contribution in [3.63, 3.8) is 0 Å². The van der Waals surface area contributed by atoms with E-state index in [-0.39, 0.29) is 36.0 Å². The fourth-order valence-corrected chi connectivity index (χ4v) is 4.75. The first-order valence-corrected chi connectivity index (χ1v) is 11.8. The maximum Gasteiger partial charge on any atom is 0.246 e. The summed E-state index contributed by atoms with van der Waals surface area (Å²) in [5.74, 6) is -0.430. The molecule has 0 saturated carbocycles. The van der Waals surface area contributed by atoms with E-state index in [2.05, 4.69) is 10.0 Å². The Morgan fingerprint density at radius 2 is 1.74 bits per heavy atom. The van der Waals surface area contributed by atoms with E-state index in [0.717, 1.165) is 6.26 Å². The number of hydrogen-bond donors (Lipinski definition) is 2. The molecular weight excluding hydrogens is 394 g/mol. The molecule has 0 aromatic heterocycles. The first kappa shape index (κ1) is 23.3. The zero-order valence-electron chi connectivity index (χ0n) is 16.1. The van der Waals surface area contributed by atoms with Crippen LogP contribution < -0.4 is 14.8 Å². The molecule has 0 fully saturated rings. The average Bonchev–Trinajstić information content (AvgIpc) is 2.55. The number of nitrogens with one attached hydrogen (secondary N) is 2. The Kier molecular flexibility index (Phi) is 8.21. The molecule has 0 aliphatic heterocycles. The van der Waals surface area contributed by atoms with E-state index < -0.39 is 32.0 Å². The molecule has 0 unspecified atom stereocenters. The van der Waals surface area contributed by atoms with Gasteiger partial charge in [-0.1, -0.05) is 13.8 Å². The summed E-state index contributed by atoms with van der Waals surface area (Å²) in [6.07, 6.45) is 0.947. The van der Waals surface area contributed by atoms with Crippen LogP contribution in [-0.2, 0) is 24.8 Å². The zero-order valence-corrected chi connectivity index (χ0v) is 17.8. The van der Waals surface area contributed by atoms with Crippen molar-refractivity contribution in [2.75, 3.05) is 31.3 Å². The van der Waals surface area contributed by atoms with Crippen molar-refractivity contribution >= 4 is 31.6 Å². The lowest BCUT2D eigenvalue weighted by Gasteiger charge is -2.21. The predicted molar refractivity (Wildman–Crippen MR) is 104 cm³/mol. The first-order chi connectivity index (χ1) is 12.5. The van der Waals surface area contributed by atoms with Crippen LogP contribution in [0.25, 0.3) is 0 Å². The second-order valence-corrected chi connectivity index (χ2v) is 9.47. The third-order valence-electron chi connectivity index (χ3n) is 3.62. The van der Waals surface area contributed by atoms with E-state index in [1.165, 1.54) is 29.4 Å². The van der Waals surface area contributed by atoms with Gasteiger partial charge in [0.15, 0.2) is 0 Å². The number of anilines is 1. The van der Waals surface area contributed by atoms with Crippen LogP contribution in [0, 0.1) is 0 Å². The van der Waals surface area contributed by atoms with E-state index in [4.69, 9.17) is 4.74 Å². The second-order valence-electron chi connectivity index (χ2n) is 5.78. The number of rotatable bonds is 10. The minimum atomic E-state index is -3.82. The second kappa shape index (κ2) is 9.49. The highest BCUT2D eigenvalue weighted by atomic mass is 32.2. The summed E-state index contributed by atoms with van der Waals surface area (Å²) < 4.78 is 57.1. The van der Waals surface area contributed by atoms with Gasteiger partial charge in [-0.3, -0.25) is 4.79 Å². The molecule has 9 nitrogen and oxygen atoms in total. The van der Waals surface area contributed by atoms with Crippen LogP contribution in [0.3, 0.4) is 0 Å². The fourth-order valence-electron chi connectivity index (χ4n) is 2.39. The van der Waals surface area contributed by atoms with Crippen molar-refractivity contribution in [2.24, 2.45) is 0 Å². The van der Waals surface area contributed by atoms with E-state index >= 15 is 0 Å². The van der Waals surface area contributed by atoms with Crippen LogP contribution in [-0.4, -0.2) is 59.0 Å². The average molecular weight is 422 g/mol. The number of carbonyl (C=O) groups excluding carboxylic acids is 1. The minimum absolute atomic E-state index is 0.0606. The van der Waals surface area contributed by atoms with Crippen LogP contribution in [0.4, 0.5) is 5.69 Å². The lowest BCUT2D eigenvalue weighted by Crippen LogP contribution is -2.41. The third-order valence-corrected chi connectivity index (χ3v) is 6.47. The van der Waals surface area contributed by atoms with Gasteiger partial charge in [-0.05, 0) is 32.0 Å². The van der Waals surface area contributed by atoms with Crippen LogP contribution in [0.2, 0.25) is 0 Å². The number of ether oxygens (including phenoxy) is 1. The molecule has 1 amide bonds. The Morgan fingerprint density at radius 1 is 1.15 bits per heavy atom. The number of hydrogen-bond acceptors (Lipinski definition) is 6. The molecule has 0 spiro atoms. The van der Waals surface area contributed by atoms with Gasteiger partial charge in [0.25, 0.3) is 0 Å². The van der Waals surface area contributed by atoms with Crippen molar-refractivity contribution in [1.82, 2.24) is 9.03 Å². The Hall–Kier alpha value is -1.69. The monoisotopic (exact) mass is 421 g/mol. The summed E-state index contributed by atoms with van der Waals surface area (Å²) >= 11 is 0. The van der Waals surface area contributed by atoms with Crippen molar-refractivity contribution < 1.29 is 26.4 Å². The maximum absolute atomic E-state index is 12.9. The normalized spacial score (nSPS) is 13.4. The number of benzene rings is 1. The van der Waals surface area contributed by atoms with Crippen LogP contribution in [0.1, 0.15) is 27.7 Å². The Morgan fingerprint density at radius 3 is 2.22 bits per heavy atom. The molecule has 1 aromatic rings. The molecule has 11 heteroatoms. The molecule has 1 aromatic carbocycles. The van der Waals surface area contributed by atoms with Crippen molar-refractivity contribution in [3.8, 4) is 5.75 Å².